The molecule has 0 radical (unpaired) electrons. The van der Waals surface area contributed by atoms with Crippen molar-refractivity contribution in [3.63, 3.8) is 0 Å². The zero-order chi connectivity index (χ0) is 18.4. The first kappa shape index (κ1) is 18.7. The summed E-state index contributed by atoms with van der Waals surface area (Å²) in [6, 6.07) is 9.63. The van der Waals surface area contributed by atoms with Crippen LogP contribution in [0.25, 0.3) is 0 Å². The number of ether oxygens (including phenoxy) is 2. The molecule has 2 aromatic rings. The highest BCUT2D eigenvalue weighted by Crippen LogP contribution is 2.33. The molecule has 132 valence electrons. The van der Waals surface area contributed by atoms with Crippen LogP contribution in [-0.4, -0.2) is 24.4 Å². The third-order valence-electron chi connectivity index (χ3n) is 3.12. The Morgan fingerprint density at radius 1 is 1.24 bits per heavy atom. The molecule has 0 aromatic heterocycles. The first-order chi connectivity index (χ1) is 11.9. The molecule has 0 heterocycles. The fourth-order valence-electron chi connectivity index (χ4n) is 1.99. The Balaban J connectivity index is 2.13. The van der Waals surface area contributed by atoms with E-state index in [4.69, 9.17) is 9.47 Å². The SMILES string of the molecule is COc1cc(/C=N/Nc2ccc([N+](=O)[O-])cc2)c(Br)cc1OC(C)C. The smallest absolute Gasteiger partial charge is 0.269 e. The molecule has 0 bridgehead atoms. The van der Waals surface area contributed by atoms with Crippen LogP contribution in [0.15, 0.2) is 46.0 Å². The van der Waals surface area contributed by atoms with Gasteiger partial charge in [-0.3, -0.25) is 15.5 Å². The van der Waals surface area contributed by atoms with Crippen LogP contribution in [0.5, 0.6) is 11.5 Å². The summed E-state index contributed by atoms with van der Waals surface area (Å²) in [4.78, 5) is 10.2. The van der Waals surface area contributed by atoms with Crippen molar-refractivity contribution in [2.24, 2.45) is 5.10 Å². The standard InChI is InChI=1S/C17H18BrN3O4/c1-11(2)25-17-9-15(18)12(8-16(17)24-3)10-19-20-13-4-6-14(7-5-13)21(22)23/h4-11,20H,1-3H3/b19-10+. The number of rotatable bonds is 7. The third kappa shape index (κ3) is 5.18. The van der Waals surface area contributed by atoms with Gasteiger partial charge in [-0.25, -0.2) is 0 Å². The van der Waals surface area contributed by atoms with Crippen molar-refractivity contribution in [3.8, 4) is 11.5 Å². The van der Waals surface area contributed by atoms with Gasteiger partial charge in [-0.2, -0.15) is 5.10 Å². The molecule has 2 aromatic carbocycles. The van der Waals surface area contributed by atoms with Crippen molar-refractivity contribution in [2.45, 2.75) is 20.0 Å². The van der Waals surface area contributed by atoms with Gasteiger partial charge in [-0.15, -0.1) is 0 Å². The highest BCUT2D eigenvalue weighted by molar-refractivity contribution is 9.10. The summed E-state index contributed by atoms with van der Waals surface area (Å²) in [5.74, 6) is 1.25. The predicted octanol–water partition coefficient (Wildman–Crippen LogP) is 4.60. The molecule has 1 N–H and O–H groups in total. The Bertz CT molecular complexity index is 776. The highest BCUT2D eigenvalue weighted by Gasteiger charge is 2.10. The summed E-state index contributed by atoms with van der Waals surface area (Å²) >= 11 is 3.48. The molecule has 0 fully saturated rings. The molecule has 0 aliphatic heterocycles. The molecular weight excluding hydrogens is 390 g/mol. The van der Waals surface area contributed by atoms with Gasteiger partial charge in [0.05, 0.1) is 30.0 Å². The molecule has 0 saturated carbocycles. The van der Waals surface area contributed by atoms with Crippen LogP contribution in [-0.2, 0) is 0 Å². The molecule has 8 heteroatoms. The molecule has 0 saturated heterocycles. The molecule has 7 nitrogen and oxygen atoms in total. The van der Waals surface area contributed by atoms with E-state index in [-0.39, 0.29) is 11.8 Å². The van der Waals surface area contributed by atoms with Crippen molar-refractivity contribution >= 4 is 33.5 Å². The number of nitro groups is 1. The monoisotopic (exact) mass is 407 g/mol. The summed E-state index contributed by atoms with van der Waals surface area (Å²) in [7, 11) is 1.58. The second-order valence-electron chi connectivity index (χ2n) is 5.37. The summed E-state index contributed by atoms with van der Waals surface area (Å²) < 4.78 is 11.9. The van der Waals surface area contributed by atoms with Gasteiger partial charge in [-0.1, -0.05) is 0 Å². The van der Waals surface area contributed by atoms with Crippen LogP contribution < -0.4 is 14.9 Å². The molecule has 2 rings (SSSR count). The fraction of sp³-hybridized carbons (Fsp3) is 0.235. The Labute approximate surface area is 153 Å². The lowest BCUT2D eigenvalue weighted by molar-refractivity contribution is -0.384. The minimum absolute atomic E-state index is 0.0303. The van der Waals surface area contributed by atoms with E-state index in [2.05, 4.69) is 26.5 Å². The Hall–Kier alpha value is -2.61. The maximum atomic E-state index is 10.6. The summed E-state index contributed by atoms with van der Waals surface area (Å²) in [6.07, 6.45) is 1.65. The van der Waals surface area contributed by atoms with Crippen LogP contribution in [0, 0.1) is 10.1 Å². The van der Waals surface area contributed by atoms with Crippen molar-refractivity contribution in [1.29, 1.82) is 0 Å². The molecule has 0 unspecified atom stereocenters. The van der Waals surface area contributed by atoms with Crippen LogP contribution in [0.2, 0.25) is 0 Å². The van der Waals surface area contributed by atoms with Crippen LogP contribution in [0.3, 0.4) is 0 Å². The summed E-state index contributed by atoms with van der Waals surface area (Å²) in [5, 5.41) is 14.8. The van der Waals surface area contributed by atoms with Crippen molar-refractivity contribution in [1.82, 2.24) is 0 Å². The number of halogens is 1. The minimum atomic E-state index is -0.447. The molecular formula is C17H18BrN3O4. The van der Waals surface area contributed by atoms with Gasteiger partial charge in [0.25, 0.3) is 5.69 Å². The van der Waals surface area contributed by atoms with Crippen molar-refractivity contribution in [2.75, 3.05) is 12.5 Å². The largest absolute Gasteiger partial charge is 0.493 e. The van der Waals surface area contributed by atoms with E-state index in [1.54, 1.807) is 25.5 Å². The summed E-state index contributed by atoms with van der Waals surface area (Å²) in [5.41, 5.74) is 4.29. The number of anilines is 1. The first-order valence-electron chi connectivity index (χ1n) is 7.48. The molecule has 0 aliphatic carbocycles. The summed E-state index contributed by atoms with van der Waals surface area (Å²) in [6.45, 7) is 3.88. The molecule has 0 aliphatic rings. The van der Waals surface area contributed by atoms with Crippen LogP contribution in [0.4, 0.5) is 11.4 Å². The Morgan fingerprint density at radius 3 is 2.48 bits per heavy atom. The lowest BCUT2D eigenvalue weighted by Crippen LogP contribution is -2.07. The number of benzene rings is 2. The van der Waals surface area contributed by atoms with Crippen molar-refractivity contribution < 1.29 is 14.4 Å². The topological polar surface area (TPSA) is 86.0 Å². The number of non-ortho nitro benzene ring substituents is 1. The molecule has 0 amide bonds. The van der Waals surface area contributed by atoms with Crippen molar-refractivity contribution in [3.05, 3.63) is 56.5 Å². The van der Waals surface area contributed by atoms with E-state index >= 15 is 0 Å². The minimum Gasteiger partial charge on any atom is -0.493 e. The van der Waals surface area contributed by atoms with E-state index in [0.717, 1.165) is 10.0 Å². The highest BCUT2D eigenvalue weighted by atomic mass is 79.9. The number of nitro benzene ring substituents is 1. The lowest BCUT2D eigenvalue weighted by atomic mass is 10.2. The number of methoxy groups -OCH3 is 1. The number of hydrazone groups is 1. The zero-order valence-electron chi connectivity index (χ0n) is 14.0. The molecule has 25 heavy (non-hydrogen) atoms. The number of hydrogen-bond acceptors (Lipinski definition) is 6. The Morgan fingerprint density at radius 2 is 1.92 bits per heavy atom. The third-order valence-corrected chi connectivity index (χ3v) is 3.81. The second-order valence-corrected chi connectivity index (χ2v) is 6.22. The predicted molar refractivity (Wildman–Crippen MR) is 101 cm³/mol. The van der Waals surface area contributed by atoms with Gasteiger partial charge in [0.1, 0.15) is 0 Å². The van der Waals surface area contributed by atoms with E-state index in [9.17, 15) is 10.1 Å². The maximum absolute atomic E-state index is 10.6. The van der Waals surface area contributed by atoms with Gasteiger partial charge in [0.15, 0.2) is 11.5 Å². The lowest BCUT2D eigenvalue weighted by Gasteiger charge is -2.14. The number of nitrogens with zero attached hydrogens (tertiary/aromatic N) is 2. The van der Waals surface area contributed by atoms with E-state index in [1.165, 1.54) is 12.1 Å². The van der Waals surface area contributed by atoms with Crippen LogP contribution in [0.1, 0.15) is 19.4 Å². The van der Waals surface area contributed by atoms with Gasteiger partial charge < -0.3 is 9.47 Å². The van der Waals surface area contributed by atoms with Gasteiger partial charge in [0, 0.05) is 22.2 Å². The average molecular weight is 408 g/mol. The van der Waals surface area contributed by atoms with E-state index < -0.39 is 4.92 Å². The Kier molecular flexibility index (Phi) is 6.35. The first-order valence-corrected chi connectivity index (χ1v) is 8.27. The van der Waals surface area contributed by atoms with Gasteiger partial charge in [-0.05, 0) is 54.0 Å². The number of nitrogens with one attached hydrogen (secondary N) is 1. The van der Waals surface area contributed by atoms with E-state index in [0.29, 0.717) is 17.2 Å². The van der Waals surface area contributed by atoms with Gasteiger partial charge >= 0.3 is 0 Å². The maximum Gasteiger partial charge on any atom is 0.269 e. The quantitative estimate of drug-likeness (QED) is 0.411. The normalized spacial score (nSPS) is 10.9. The van der Waals surface area contributed by atoms with E-state index in [1.807, 2.05) is 26.0 Å². The molecule has 0 spiro atoms. The molecule has 0 atom stereocenters. The number of hydrogen-bond donors (Lipinski definition) is 1. The van der Waals surface area contributed by atoms with Gasteiger partial charge in [0.2, 0.25) is 0 Å². The van der Waals surface area contributed by atoms with Crippen LogP contribution >= 0.6 is 15.9 Å². The average Bonchev–Trinajstić information content (AvgIpc) is 2.56. The zero-order valence-corrected chi connectivity index (χ0v) is 15.6. The fourth-order valence-corrected chi connectivity index (χ4v) is 2.41. The second kappa shape index (κ2) is 8.48.